The van der Waals surface area contributed by atoms with Crippen LogP contribution < -0.4 is 15.2 Å². The second kappa shape index (κ2) is 5.05. The smallest absolute Gasteiger partial charge is 0.222 e. The van der Waals surface area contributed by atoms with Crippen LogP contribution in [0.25, 0.3) is 11.3 Å². The van der Waals surface area contributed by atoms with E-state index in [1.165, 1.54) is 0 Å². The lowest BCUT2D eigenvalue weighted by atomic mass is 10.1. The molecule has 1 saturated heterocycles. The summed E-state index contributed by atoms with van der Waals surface area (Å²) in [6, 6.07) is 7.35. The van der Waals surface area contributed by atoms with Gasteiger partial charge in [-0.15, -0.1) is 0 Å². The third-order valence-electron chi connectivity index (χ3n) is 2.90. The van der Waals surface area contributed by atoms with Gasteiger partial charge in [0.15, 0.2) is 11.5 Å². The quantitative estimate of drug-likeness (QED) is 0.926. The topological polar surface area (TPSA) is 70.5 Å². The summed E-state index contributed by atoms with van der Waals surface area (Å²) in [6.07, 6.45) is 0.226. The normalized spacial score (nSPS) is 15.0. The van der Waals surface area contributed by atoms with Gasteiger partial charge in [-0.2, -0.15) is 11.8 Å². The van der Waals surface area contributed by atoms with E-state index < -0.39 is 0 Å². The average molecular weight is 278 g/mol. The molecule has 6 heteroatoms. The van der Waals surface area contributed by atoms with Crippen molar-refractivity contribution in [1.29, 1.82) is 0 Å². The van der Waals surface area contributed by atoms with Gasteiger partial charge < -0.3 is 19.7 Å². The third-order valence-corrected chi connectivity index (χ3v) is 4.11. The van der Waals surface area contributed by atoms with Gasteiger partial charge in [0.1, 0.15) is 11.8 Å². The van der Waals surface area contributed by atoms with Crippen LogP contribution in [0.5, 0.6) is 11.5 Å². The lowest BCUT2D eigenvalue weighted by Gasteiger charge is -2.27. The highest BCUT2D eigenvalue weighted by atomic mass is 32.2. The van der Waals surface area contributed by atoms with E-state index in [4.69, 9.17) is 19.7 Å². The van der Waals surface area contributed by atoms with Crippen molar-refractivity contribution in [2.24, 2.45) is 0 Å². The van der Waals surface area contributed by atoms with Crippen molar-refractivity contribution in [2.75, 3.05) is 24.3 Å². The molecule has 2 N–H and O–H groups in total. The maximum atomic E-state index is 6.00. The van der Waals surface area contributed by atoms with Crippen molar-refractivity contribution < 1.29 is 14.0 Å². The number of hydrogen-bond donors (Lipinski definition) is 1. The molecule has 100 valence electrons. The van der Waals surface area contributed by atoms with Crippen LogP contribution in [0, 0.1) is 0 Å². The van der Waals surface area contributed by atoms with Crippen molar-refractivity contribution in [3.63, 3.8) is 0 Å². The number of aromatic nitrogens is 1. The summed E-state index contributed by atoms with van der Waals surface area (Å²) in [6.45, 7) is 0. The average Bonchev–Trinajstić information content (AvgIpc) is 2.80. The van der Waals surface area contributed by atoms with E-state index in [0.29, 0.717) is 17.2 Å². The maximum absolute atomic E-state index is 6.00. The fourth-order valence-corrected chi connectivity index (χ4v) is 2.43. The first-order valence-electron chi connectivity index (χ1n) is 5.92. The predicted molar refractivity (Wildman–Crippen MR) is 74.6 cm³/mol. The standard InChI is InChI=1S/C13H14N2O3S/c1-16-11-4-2-3-9(10-5-12(14)18-15-10)13(11)17-8-6-19-7-8/h2-5,8H,6-7,14H2,1H3. The van der Waals surface area contributed by atoms with E-state index in [2.05, 4.69) is 5.16 Å². The molecule has 19 heavy (non-hydrogen) atoms. The van der Waals surface area contributed by atoms with E-state index in [1.807, 2.05) is 30.0 Å². The highest BCUT2D eigenvalue weighted by Crippen LogP contribution is 2.40. The minimum Gasteiger partial charge on any atom is -0.493 e. The number of benzene rings is 1. The van der Waals surface area contributed by atoms with Crippen LogP contribution in [0.4, 0.5) is 5.88 Å². The largest absolute Gasteiger partial charge is 0.493 e. The van der Waals surface area contributed by atoms with Crippen LogP contribution in [0.2, 0.25) is 0 Å². The molecule has 3 rings (SSSR count). The molecule has 0 amide bonds. The van der Waals surface area contributed by atoms with Crippen molar-refractivity contribution in [1.82, 2.24) is 5.16 Å². The summed E-state index contributed by atoms with van der Waals surface area (Å²) in [4.78, 5) is 0. The van der Waals surface area contributed by atoms with Crippen molar-refractivity contribution in [3.05, 3.63) is 24.3 Å². The summed E-state index contributed by atoms with van der Waals surface area (Å²) in [7, 11) is 1.62. The fraction of sp³-hybridized carbons (Fsp3) is 0.308. The number of nitrogens with two attached hydrogens (primary N) is 1. The van der Waals surface area contributed by atoms with Gasteiger partial charge in [-0.1, -0.05) is 11.2 Å². The Balaban J connectivity index is 2.01. The zero-order chi connectivity index (χ0) is 13.2. The molecule has 1 fully saturated rings. The molecular formula is C13H14N2O3S. The number of anilines is 1. The number of nitrogens with zero attached hydrogens (tertiary/aromatic N) is 1. The number of ether oxygens (including phenoxy) is 2. The number of methoxy groups -OCH3 is 1. The van der Waals surface area contributed by atoms with Gasteiger partial charge in [0.25, 0.3) is 0 Å². The van der Waals surface area contributed by atoms with E-state index in [-0.39, 0.29) is 12.0 Å². The van der Waals surface area contributed by atoms with E-state index in [0.717, 1.165) is 17.1 Å². The second-order valence-corrected chi connectivity index (χ2v) is 5.30. The van der Waals surface area contributed by atoms with Crippen molar-refractivity contribution >= 4 is 17.6 Å². The SMILES string of the molecule is COc1cccc(-c2cc(N)on2)c1OC1CSC1. The Morgan fingerprint density at radius 1 is 1.42 bits per heavy atom. The van der Waals surface area contributed by atoms with Gasteiger partial charge in [-0.3, -0.25) is 0 Å². The summed E-state index contributed by atoms with van der Waals surface area (Å²) in [5.74, 6) is 3.67. The molecule has 5 nitrogen and oxygen atoms in total. The van der Waals surface area contributed by atoms with Crippen LogP contribution in [0.1, 0.15) is 0 Å². The summed E-state index contributed by atoms with van der Waals surface area (Å²) in [5.41, 5.74) is 7.05. The third kappa shape index (κ3) is 2.35. The molecule has 1 aliphatic heterocycles. The Morgan fingerprint density at radius 3 is 2.84 bits per heavy atom. The lowest BCUT2D eigenvalue weighted by Crippen LogP contribution is -2.31. The Labute approximate surface area is 115 Å². The first kappa shape index (κ1) is 12.2. The van der Waals surface area contributed by atoms with Gasteiger partial charge >= 0.3 is 0 Å². The van der Waals surface area contributed by atoms with E-state index in [1.54, 1.807) is 13.2 Å². The highest BCUT2D eigenvalue weighted by Gasteiger charge is 2.24. The molecule has 0 unspecified atom stereocenters. The number of hydrogen-bond acceptors (Lipinski definition) is 6. The van der Waals surface area contributed by atoms with Crippen LogP contribution in [-0.4, -0.2) is 29.9 Å². The Morgan fingerprint density at radius 2 is 2.26 bits per heavy atom. The van der Waals surface area contributed by atoms with Gasteiger partial charge in [0, 0.05) is 23.1 Å². The predicted octanol–water partition coefficient (Wildman–Crippen LogP) is 2.43. The zero-order valence-electron chi connectivity index (χ0n) is 10.5. The van der Waals surface area contributed by atoms with Gasteiger partial charge in [0.2, 0.25) is 5.88 Å². The highest BCUT2D eigenvalue weighted by molar-refractivity contribution is 8.00. The molecule has 0 radical (unpaired) electrons. The van der Waals surface area contributed by atoms with Crippen molar-refractivity contribution in [2.45, 2.75) is 6.10 Å². The number of nitrogen functional groups attached to an aromatic ring is 1. The Bertz CT molecular complexity index is 581. The molecule has 0 atom stereocenters. The van der Waals surface area contributed by atoms with Crippen LogP contribution in [0.15, 0.2) is 28.8 Å². The summed E-state index contributed by atoms with van der Waals surface area (Å²) >= 11 is 1.86. The summed E-state index contributed by atoms with van der Waals surface area (Å²) in [5, 5.41) is 3.93. The summed E-state index contributed by atoms with van der Waals surface area (Å²) < 4.78 is 16.3. The molecule has 2 heterocycles. The first-order valence-corrected chi connectivity index (χ1v) is 7.07. The minimum atomic E-state index is 0.226. The molecule has 1 aromatic carbocycles. The molecule has 0 bridgehead atoms. The van der Waals surface area contributed by atoms with Gasteiger partial charge in [-0.05, 0) is 12.1 Å². The first-order chi connectivity index (χ1) is 9.28. The Hall–Kier alpha value is -1.82. The van der Waals surface area contributed by atoms with Gasteiger partial charge in [-0.25, -0.2) is 0 Å². The van der Waals surface area contributed by atoms with E-state index >= 15 is 0 Å². The van der Waals surface area contributed by atoms with Crippen LogP contribution in [0.3, 0.4) is 0 Å². The number of rotatable bonds is 4. The lowest BCUT2D eigenvalue weighted by molar-refractivity contribution is 0.229. The van der Waals surface area contributed by atoms with Crippen LogP contribution in [-0.2, 0) is 0 Å². The maximum Gasteiger partial charge on any atom is 0.222 e. The molecule has 0 aliphatic carbocycles. The molecule has 0 spiro atoms. The van der Waals surface area contributed by atoms with E-state index in [9.17, 15) is 0 Å². The van der Waals surface area contributed by atoms with Crippen LogP contribution >= 0.6 is 11.8 Å². The van der Waals surface area contributed by atoms with Gasteiger partial charge in [0.05, 0.1) is 7.11 Å². The molecular weight excluding hydrogens is 264 g/mol. The molecule has 2 aromatic rings. The fourth-order valence-electron chi connectivity index (χ4n) is 1.86. The molecule has 1 aromatic heterocycles. The minimum absolute atomic E-state index is 0.226. The molecule has 1 aliphatic rings. The number of para-hydroxylation sites is 1. The zero-order valence-corrected chi connectivity index (χ0v) is 11.3. The monoisotopic (exact) mass is 278 g/mol. The van der Waals surface area contributed by atoms with Crippen molar-refractivity contribution in [3.8, 4) is 22.8 Å². The Kier molecular flexibility index (Phi) is 3.25. The number of thioether (sulfide) groups is 1. The molecule has 0 saturated carbocycles. The second-order valence-electron chi connectivity index (χ2n) is 4.23.